The van der Waals surface area contributed by atoms with Gasteiger partial charge in [0.05, 0.1) is 6.20 Å². The average molecular weight is 244 g/mol. The molecule has 2 heterocycles. The lowest BCUT2D eigenvalue weighted by molar-refractivity contribution is -0.116. The number of anilines is 1. The summed E-state index contributed by atoms with van der Waals surface area (Å²) in [5, 5.41) is 3.99. The van der Waals surface area contributed by atoms with Crippen LogP contribution in [0.15, 0.2) is 36.9 Å². The Morgan fingerprint density at radius 1 is 1.39 bits per heavy atom. The van der Waals surface area contributed by atoms with E-state index in [4.69, 9.17) is 0 Å². The summed E-state index contributed by atoms with van der Waals surface area (Å²) in [4.78, 5) is 19.2. The van der Waals surface area contributed by atoms with Gasteiger partial charge in [-0.2, -0.15) is 5.10 Å². The lowest BCUT2D eigenvalue weighted by atomic mass is 10.3. The highest BCUT2D eigenvalue weighted by atomic mass is 16.2. The summed E-state index contributed by atoms with van der Waals surface area (Å²) in [6.07, 6.45) is 9.68. The zero-order valence-corrected chi connectivity index (χ0v) is 9.74. The van der Waals surface area contributed by atoms with Crippen molar-refractivity contribution in [1.29, 1.82) is 0 Å². The minimum Gasteiger partial charge on any atom is -0.275 e. The lowest BCUT2D eigenvalue weighted by Crippen LogP contribution is -2.28. The molecule has 7 nitrogen and oxygen atoms in total. The van der Waals surface area contributed by atoms with E-state index in [1.54, 1.807) is 41.6 Å². The number of hydrogen-bond donors (Lipinski definition) is 2. The third-order valence-corrected chi connectivity index (χ3v) is 2.02. The van der Waals surface area contributed by atoms with Crippen molar-refractivity contribution in [2.75, 3.05) is 5.43 Å². The van der Waals surface area contributed by atoms with Crippen LogP contribution in [0, 0.1) is 0 Å². The zero-order valence-electron chi connectivity index (χ0n) is 9.74. The molecule has 0 spiro atoms. The minimum atomic E-state index is -0.300. The molecule has 0 saturated heterocycles. The Kier molecular flexibility index (Phi) is 3.65. The van der Waals surface area contributed by atoms with Crippen LogP contribution in [0.5, 0.6) is 0 Å². The summed E-state index contributed by atoms with van der Waals surface area (Å²) in [5.41, 5.74) is 5.89. The van der Waals surface area contributed by atoms with Gasteiger partial charge in [0.2, 0.25) is 5.95 Å². The van der Waals surface area contributed by atoms with Gasteiger partial charge in [-0.3, -0.25) is 20.3 Å². The van der Waals surface area contributed by atoms with Gasteiger partial charge >= 0.3 is 0 Å². The van der Waals surface area contributed by atoms with Gasteiger partial charge in [0, 0.05) is 37.3 Å². The quantitative estimate of drug-likeness (QED) is 0.599. The number of rotatable bonds is 4. The maximum absolute atomic E-state index is 11.5. The molecule has 0 radical (unpaired) electrons. The van der Waals surface area contributed by atoms with Crippen LogP contribution in [-0.4, -0.2) is 25.7 Å². The molecule has 18 heavy (non-hydrogen) atoms. The molecular formula is C11H12N6O. The Labute approximate surface area is 104 Å². The Bertz CT molecular complexity index is 548. The molecule has 7 heteroatoms. The van der Waals surface area contributed by atoms with Crippen LogP contribution in [0.2, 0.25) is 0 Å². The van der Waals surface area contributed by atoms with Crippen molar-refractivity contribution >= 4 is 17.9 Å². The number of nitrogens with zero attached hydrogens (tertiary/aromatic N) is 4. The first-order chi connectivity index (χ1) is 8.74. The van der Waals surface area contributed by atoms with E-state index in [-0.39, 0.29) is 5.91 Å². The Hall–Kier alpha value is -2.70. The molecule has 1 amide bonds. The SMILES string of the molecule is Cn1cc(/C=C/C(=O)NNc2ncccn2)cn1. The molecule has 0 unspecified atom stereocenters. The molecule has 2 aromatic rings. The van der Waals surface area contributed by atoms with Gasteiger partial charge in [0.25, 0.3) is 5.91 Å². The smallest absolute Gasteiger partial charge is 0.262 e. The largest absolute Gasteiger partial charge is 0.275 e. The maximum atomic E-state index is 11.5. The van der Waals surface area contributed by atoms with Crippen molar-refractivity contribution in [3.8, 4) is 0 Å². The molecule has 0 aliphatic carbocycles. The number of hydrazine groups is 1. The normalized spacial score (nSPS) is 10.5. The van der Waals surface area contributed by atoms with Gasteiger partial charge in [-0.05, 0) is 12.1 Å². The summed E-state index contributed by atoms with van der Waals surface area (Å²) in [7, 11) is 1.81. The summed E-state index contributed by atoms with van der Waals surface area (Å²) in [6.45, 7) is 0. The summed E-state index contributed by atoms with van der Waals surface area (Å²) in [6, 6.07) is 1.69. The van der Waals surface area contributed by atoms with Gasteiger partial charge in [-0.15, -0.1) is 0 Å². The zero-order chi connectivity index (χ0) is 12.8. The van der Waals surface area contributed by atoms with Gasteiger partial charge in [-0.1, -0.05) is 0 Å². The van der Waals surface area contributed by atoms with Crippen LogP contribution in [-0.2, 0) is 11.8 Å². The van der Waals surface area contributed by atoms with Crippen LogP contribution in [0.25, 0.3) is 6.08 Å². The van der Waals surface area contributed by atoms with E-state index in [0.717, 1.165) is 5.56 Å². The number of nitrogens with one attached hydrogen (secondary N) is 2. The molecule has 0 atom stereocenters. The molecule has 2 N–H and O–H groups in total. The third kappa shape index (κ3) is 3.41. The topological polar surface area (TPSA) is 84.7 Å². The number of carbonyl (C=O) groups is 1. The minimum absolute atomic E-state index is 0.300. The molecule has 0 aliphatic rings. The molecule has 0 saturated carbocycles. The molecular weight excluding hydrogens is 232 g/mol. The number of aryl methyl sites for hydroxylation is 1. The lowest BCUT2D eigenvalue weighted by Gasteiger charge is -2.02. The highest BCUT2D eigenvalue weighted by Crippen LogP contribution is 1.98. The van der Waals surface area contributed by atoms with E-state index in [0.29, 0.717) is 5.95 Å². The van der Waals surface area contributed by atoms with Gasteiger partial charge in [0.15, 0.2) is 0 Å². The summed E-state index contributed by atoms with van der Waals surface area (Å²) in [5.74, 6) is 0.0342. The van der Waals surface area contributed by atoms with Crippen molar-refractivity contribution in [3.63, 3.8) is 0 Å². The van der Waals surface area contributed by atoms with E-state index in [2.05, 4.69) is 25.9 Å². The predicted molar refractivity (Wildman–Crippen MR) is 66.0 cm³/mol. The van der Waals surface area contributed by atoms with Crippen LogP contribution >= 0.6 is 0 Å². The monoisotopic (exact) mass is 244 g/mol. The third-order valence-electron chi connectivity index (χ3n) is 2.02. The van der Waals surface area contributed by atoms with Crippen molar-refractivity contribution in [2.45, 2.75) is 0 Å². The van der Waals surface area contributed by atoms with Crippen molar-refractivity contribution in [3.05, 3.63) is 42.5 Å². The first kappa shape index (κ1) is 11.8. The Morgan fingerprint density at radius 2 is 2.17 bits per heavy atom. The first-order valence-electron chi connectivity index (χ1n) is 5.24. The Balaban J connectivity index is 1.84. The first-order valence-corrected chi connectivity index (χ1v) is 5.24. The fourth-order valence-electron chi connectivity index (χ4n) is 1.22. The van der Waals surface area contributed by atoms with Gasteiger partial charge in [0.1, 0.15) is 0 Å². The second-order valence-electron chi connectivity index (χ2n) is 3.47. The second-order valence-corrected chi connectivity index (χ2v) is 3.47. The van der Waals surface area contributed by atoms with Crippen LogP contribution in [0.3, 0.4) is 0 Å². The summed E-state index contributed by atoms with van der Waals surface area (Å²) >= 11 is 0. The standard InChI is InChI=1S/C11H12N6O/c1-17-8-9(7-14-17)3-4-10(18)15-16-11-12-5-2-6-13-11/h2-8H,1H3,(H,15,18)(H,12,13,16)/b4-3+. The fraction of sp³-hybridized carbons (Fsp3) is 0.0909. The van der Waals surface area contributed by atoms with Crippen LogP contribution in [0.4, 0.5) is 5.95 Å². The van der Waals surface area contributed by atoms with E-state index in [1.807, 2.05) is 7.05 Å². The number of hydrogen-bond acceptors (Lipinski definition) is 5. The van der Waals surface area contributed by atoms with Crippen molar-refractivity contribution in [1.82, 2.24) is 25.2 Å². The molecule has 92 valence electrons. The van der Waals surface area contributed by atoms with Crippen LogP contribution < -0.4 is 10.9 Å². The van der Waals surface area contributed by atoms with E-state index in [1.165, 1.54) is 6.08 Å². The molecule has 0 fully saturated rings. The molecule has 2 rings (SSSR count). The van der Waals surface area contributed by atoms with E-state index in [9.17, 15) is 4.79 Å². The van der Waals surface area contributed by atoms with Crippen molar-refractivity contribution < 1.29 is 4.79 Å². The maximum Gasteiger partial charge on any atom is 0.262 e. The Morgan fingerprint density at radius 3 is 2.83 bits per heavy atom. The molecule has 0 aliphatic heterocycles. The van der Waals surface area contributed by atoms with E-state index >= 15 is 0 Å². The van der Waals surface area contributed by atoms with Gasteiger partial charge < -0.3 is 0 Å². The van der Waals surface area contributed by atoms with Crippen LogP contribution in [0.1, 0.15) is 5.56 Å². The number of carbonyl (C=O) groups excluding carboxylic acids is 1. The fourth-order valence-corrected chi connectivity index (χ4v) is 1.22. The molecule has 0 aromatic carbocycles. The average Bonchev–Trinajstić information content (AvgIpc) is 2.81. The second kappa shape index (κ2) is 5.58. The predicted octanol–water partition coefficient (Wildman–Crippen LogP) is 0.367. The molecule has 0 bridgehead atoms. The number of amides is 1. The van der Waals surface area contributed by atoms with Gasteiger partial charge in [-0.25, -0.2) is 9.97 Å². The summed E-state index contributed by atoms with van der Waals surface area (Å²) < 4.78 is 1.66. The van der Waals surface area contributed by atoms with E-state index < -0.39 is 0 Å². The van der Waals surface area contributed by atoms with Crippen molar-refractivity contribution in [2.24, 2.45) is 7.05 Å². The highest BCUT2D eigenvalue weighted by molar-refractivity contribution is 5.92. The highest BCUT2D eigenvalue weighted by Gasteiger charge is 1.97. The number of aromatic nitrogens is 4. The molecule has 2 aromatic heterocycles.